The molecule has 3 rings (SSSR count). The molecule has 0 aliphatic carbocycles. The Balaban J connectivity index is 2.07. The number of esters is 1. The normalized spacial score (nSPS) is 13.3. The molecule has 0 radical (unpaired) electrons. The van der Waals surface area contributed by atoms with Crippen LogP contribution in [0.1, 0.15) is 41.5 Å². The summed E-state index contributed by atoms with van der Waals surface area (Å²) in [5.74, 6) is -0.500. The lowest BCUT2D eigenvalue weighted by atomic mass is 10.1. The Labute approximate surface area is 163 Å². The van der Waals surface area contributed by atoms with Crippen molar-refractivity contribution in [1.29, 1.82) is 0 Å². The van der Waals surface area contributed by atoms with Gasteiger partial charge in [0.05, 0.1) is 30.6 Å². The SMILES string of the molecule is COC(=O)c1ccc2c(c1)N(CCOC(C)(C)C)C(=O)c1c(O)cccc1O2. The average Bonchev–Trinajstić information content (AvgIpc) is 2.75. The Morgan fingerprint density at radius 2 is 1.93 bits per heavy atom. The van der Waals surface area contributed by atoms with Crippen LogP contribution < -0.4 is 9.64 Å². The first-order chi connectivity index (χ1) is 13.2. The van der Waals surface area contributed by atoms with E-state index in [1.54, 1.807) is 30.3 Å². The minimum absolute atomic E-state index is 0.0640. The van der Waals surface area contributed by atoms with Crippen LogP contribution in [0.2, 0.25) is 0 Å². The van der Waals surface area contributed by atoms with E-state index >= 15 is 0 Å². The van der Waals surface area contributed by atoms with Gasteiger partial charge in [-0.3, -0.25) is 4.79 Å². The van der Waals surface area contributed by atoms with Gasteiger partial charge in [-0.25, -0.2) is 4.79 Å². The van der Waals surface area contributed by atoms with Crippen molar-refractivity contribution in [3.63, 3.8) is 0 Å². The Kier molecular flexibility index (Phi) is 5.29. The molecule has 148 valence electrons. The summed E-state index contributed by atoms with van der Waals surface area (Å²) in [6.45, 7) is 6.24. The number of hydrogen-bond donors (Lipinski definition) is 1. The molecule has 0 fully saturated rings. The number of carbonyl (C=O) groups is 2. The zero-order valence-electron chi connectivity index (χ0n) is 16.3. The van der Waals surface area contributed by atoms with Crippen LogP contribution in [0.5, 0.6) is 17.2 Å². The van der Waals surface area contributed by atoms with Gasteiger partial charge in [-0.05, 0) is 51.1 Å². The lowest BCUT2D eigenvalue weighted by molar-refractivity contribution is 0.00136. The summed E-state index contributed by atoms with van der Waals surface area (Å²) in [4.78, 5) is 26.6. The van der Waals surface area contributed by atoms with Gasteiger partial charge in [0.2, 0.25) is 0 Å². The van der Waals surface area contributed by atoms with Crippen molar-refractivity contribution in [1.82, 2.24) is 0 Å². The van der Waals surface area contributed by atoms with E-state index in [1.807, 2.05) is 20.8 Å². The molecule has 7 nitrogen and oxygen atoms in total. The Hall–Kier alpha value is -3.06. The average molecular weight is 385 g/mol. The van der Waals surface area contributed by atoms with Crippen molar-refractivity contribution in [2.75, 3.05) is 25.2 Å². The Bertz CT molecular complexity index is 916. The number of phenolic OH excluding ortho intramolecular Hbond substituents is 1. The quantitative estimate of drug-likeness (QED) is 0.807. The van der Waals surface area contributed by atoms with Gasteiger partial charge in [-0.15, -0.1) is 0 Å². The molecule has 0 saturated heterocycles. The maximum Gasteiger partial charge on any atom is 0.337 e. The highest BCUT2D eigenvalue weighted by Gasteiger charge is 2.31. The van der Waals surface area contributed by atoms with Crippen molar-refractivity contribution in [3.8, 4) is 17.2 Å². The summed E-state index contributed by atoms with van der Waals surface area (Å²) in [5.41, 5.74) is 0.381. The van der Waals surface area contributed by atoms with Gasteiger partial charge >= 0.3 is 5.97 Å². The largest absolute Gasteiger partial charge is 0.507 e. The molecule has 1 amide bonds. The van der Waals surface area contributed by atoms with Crippen LogP contribution in [0.15, 0.2) is 36.4 Å². The molecule has 1 aliphatic heterocycles. The third-order valence-electron chi connectivity index (χ3n) is 4.20. The molecule has 1 N–H and O–H groups in total. The number of aromatic hydroxyl groups is 1. The van der Waals surface area contributed by atoms with E-state index in [2.05, 4.69) is 0 Å². The third-order valence-corrected chi connectivity index (χ3v) is 4.20. The maximum atomic E-state index is 13.2. The van der Waals surface area contributed by atoms with Gasteiger partial charge in [0, 0.05) is 6.54 Å². The molecule has 0 unspecified atom stereocenters. The fourth-order valence-electron chi connectivity index (χ4n) is 2.91. The van der Waals surface area contributed by atoms with E-state index in [-0.39, 0.29) is 41.4 Å². The van der Waals surface area contributed by atoms with Crippen LogP contribution in [0.25, 0.3) is 0 Å². The first kappa shape index (κ1) is 19.7. The summed E-state index contributed by atoms with van der Waals surface area (Å²) in [6, 6.07) is 9.35. The van der Waals surface area contributed by atoms with Gasteiger partial charge in [0.25, 0.3) is 5.91 Å². The second kappa shape index (κ2) is 7.52. The number of carbonyl (C=O) groups excluding carboxylic acids is 2. The fourth-order valence-corrected chi connectivity index (χ4v) is 2.91. The number of phenols is 1. The number of ether oxygens (including phenoxy) is 3. The van der Waals surface area contributed by atoms with Crippen molar-refractivity contribution < 1.29 is 28.9 Å². The van der Waals surface area contributed by atoms with Gasteiger partial charge in [-0.2, -0.15) is 0 Å². The van der Waals surface area contributed by atoms with Crippen molar-refractivity contribution in [2.45, 2.75) is 26.4 Å². The number of benzene rings is 2. The predicted octanol–water partition coefficient (Wildman–Crippen LogP) is 3.75. The molecule has 2 aromatic rings. The van der Waals surface area contributed by atoms with Gasteiger partial charge in [0.15, 0.2) is 5.75 Å². The molecule has 2 aromatic carbocycles. The van der Waals surface area contributed by atoms with Crippen LogP contribution in [0.3, 0.4) is 0 Å². The molecule has 0 spiro atoms. The highest BCUT2D eigenvalue weighted by molar-refractivity contribution is 6.11. The molecular weight excluding hydrogens is 362 g/mol. The molecule has 0 atom stereocenters. The van der Waals surface area contributed by atoms with E-state index in [9.17, 15) is 14.7 Å². The Morgan fingerprint density at radius 3 is 2.61 bits per heavy atom. The summed E-state index contributed by atoms with van der Waals surface area (Å²) in [6.07, 6.45) is 0. The summed E-state index contributed by atoms with van der Waals surface area (Å²) >= 11 is 0. The highest BCUT2D eigenvalue weighted by atomic mass is 16.5. The number of nitrogens with zero attached hydrogens (tertiary/aromatic N) is 1. The van der Waals surface area contributed by atoms with Crippen LogP contribution in [-0.2, 0) is 9.47 Å². The van der Waals surface area contributed by atoms with Gasteiger partial charge < -0.3 is 24.2 Å². The van der Waals surface area contributed by atoms with E-state index < -0.39 is 11.9 Å². The summed E-state index contributed by atoms with van der Waals surface area (Å²) in [5, 5.41) is 10.3. The minimum Gasteiger partial charge on any atom is -0.507 e. The Morgan fingerprint density at radius 1 is 1.18 bits per heavy atom. The first-order valence-corrected chi connectivity index (χ1v) is 8.89. The number of amides is 1. The van der Waals surface area contributed by atoms with E-state index in [1.165, 1.54) is 18.1 Å². The number of methoxy groups -OCH3 is 1. The lowest BCUT2D eigenvalue weighted by Crippen LogP contribution is -2.35. The smallest absolute Gasteiger partial charge is 0.337 e. The van der Waals surface area contributed by atoms with E-state index in [4.69, 9.17) is 14.2 Å². The fraction of sp³-hybridized carbons (Fsp3) is 0.333. The molecule has 28 heavy (non-hydrogen) atoms. The van der Waals surface area contributed by atoms with Gasteiger partial charge in [-0.1, -0.05) is 6.07 Å². The molecule has 1 aliphatic rings. The van der Waals surface area contributed by atoms with Crippen LogP contribution >= 0.6 is 0 Å². The van der Waals surface area contributed by atoms with Crippen molar-refractivity contribution in [3.05, 3.63) is 47.5 Å². The number of rotatable bonds is 4. The zero-order chi connectivity index (χ0) is 20.5. The van der Waals surface area contributed by atoms with Crippen LogP contribution in [-0.4, -0.2) is 42.8 Å². The van der Waals surface area contributed by atoms with Crippen LogP contribution in [0.4, 0.5) is 5.69 Å². The number of anilines is 1. The monoisotopic (exact) mass is 385 g/mol. The van der Waals surface area contributed by atoms with Crippen LogP contribution in [0, 0.1) is 0 Å². The molecule has 7 heteroatoms. The maximum absolute atomic E-state index is 13.2. The lowest BCUT2D eigenvalue weighted by Gasteiger charge is -2.25. The third kappa shape index (κ3) is 3.94. The standard InChI is InChI=1S/C21H23NO6/c1-21(2,3)27-11-10-22-14-12-13(20(25)26-4)8-9-16(14)28-17-7-5-6-15(23)18(17)19(22)24/h5-9,12,23H,10-11H2,1-4H3. The second-order valence-corrected chi connectivity index (χ2v) is 7.34. The second-order valence-electron chi connectivity index (χ2n) is 7.34. The molecule has 0 saturated carbocycles. The zero-order valence-corrected chi connectivity index (χ0v) is 16.3. The number of hydrogen-bond acceptors (Lipinski definition) is 6. The highest BCUT2D eigenvalue weighted by Crippen LogP contribution is 2.42. The van der Waals surface area contributed by atoms with E-state index in [0.29, 0.717) is 11.4 Å². The molecule has 0 aromatic heterocycles. The van der Waals surface area contributed by atoms with E-state index in [0.717, 1.165) is 0 Å². The topological polar surface area (TPSA) is 85.3 Å². The van der Waals surface area contributed by atoms with Crippen molar-refractivity contribution >= 4 is 17.6 Å². The summed E-state index contributed by atoms with van der Waals surface area (Å²) < 4.78 is 16.4. The van der Waals surface area contributed by atoms with Crippen molar-refractivity contribution in [2.24, 2.45) is 0 Å². The summed E-state index contributed by atoms with van der Waals surface area (Å²) in [7, 11) is 1.29. The molecular formula is C21H23NO6. The molecule has 0 bridgehead atoms. The molecule has 1 heterocycles. The van der Waals surface area contributed by atoms with Gasteiger partial charge in [0.1, 0.15) is 17.1 Å². The number of fused-ring (bicyclic) bond motifs is 2. The predicted molar refractivity (Wildman–Crippen MR) is 103 cm³/mol. The minimum atomic E-state index is -0.522. The first-order valence-electron chi connectivity index (χ1n) is 8.89.